The normalized spacial score (nSPS) is 15.6. The monoisotopic (exact) mass is 256 g/mol. The van der Waals surface area contributed by atoms with Crippen molar-refractivity contribution in [1.82, 2.24) is 10.3 Å². The molecule has 2 nitrogen and oxygen atoms in total. The van der Waals surface area contributed by atoms with Crippen molar-refractivity contribution in [1.29, 1.82) is 0 Å². The van der Waals surface area contributed by atoms with Gasteiger partial charge in [0.2, 0.25) is 0 Å². The van der Waals surface area contributed by atoms with E-state index >= 15 is 0 Å². The maximum Gasteiger partial charge on any atom is 0.103 e. The van der Waals surface area contributed by atoms with Crippen LogP contribution in [0.3, 0.4) is 0 Å². The number of aromatic nitrogens is 1. The van der Waals surface area contributed by atoms with Crippen LogP contribution in [0, 0.1) is 0 Å². The van der Waals surface area contributed by atoms with Gasteiger partial charge >= 0.3 is 0 Å². The van der Waals surface area contributed by atoms with Crippen molar-refractivity contribution in [2.24, 2.45) is 0 Å². The van der Waals surface area contributed by atoms with E-state index in [4.69, 9.17) is 4.98 Å². The molecule has 0 aromatic carbocycles. The molecular formula is C12H20N2S2. The molecule has 1 aliphatic rings. The zero-order chi connectivity index (χ0) is 11.4. The van der Waals surface area contributed by atoms with Crippen molar-refractivity contribution in [2.45, 2.75) is 50.9 Å². The Morgan fingerprint density at radius 3 is 2.94 bits per heavy atom. The van der Waals surface area contributed by atoms with Gasteiger partial charge in [0, 0.05) is 23.2 Å². The van der Waals surface area contributed by atoms with Crippen molar-refractivity contribution in [3.63, 3.8) is 0 Å². The van der Waals surface area contributed by atoms with Crippen LogP contribution in [0.15, 0.2) is 0 Å². The first-order chi connectivity index (χ1) is 7.83. The van der Waals surface area contributed by atoms with E-state index in [1.807, 2.05) is 23.1 Å². The van der Waals surface area contributed by atoms with Crippen LogP contribution in [0.25, 0.3) is 0 Å². The van der Waals surface area contributed by atoms with Gasteiger partial charge in [-0.3, -0.25) is 0 Å². The molecule has 1 saturated carbocycles. The quantitative estimate of drug-likeness (QED) is 0.811. The predicted octanol–water partition coefficient (Wildman–Crippen LogP) is 3.21. The van der Waals surface area contributed by atoms with E-state index in [2.05, 4.69) is 18.5 Å². The summed E-state index contributed by atoms with van der Waals surface area (Å²) in [5.74, 6) is 1.06. The maximum atomic E-state index is 4.75. The molecule has 0 atom stereocenters. The Balaban J connectivity index is 1.99. The Bertz CT molecular complexity index is 332. The first kappa shape index (κ1) is 12.4. The van der Waals surface area contributed by atoms with Crippen LogP contribution in [0.4, 0.5) is 0 Å². The summed E-state index contributed by atoms with van der Waals surface area (Å²) in [6.45, 7) is 3.26. The minimum Gasteiger partial charge on any atom is -0.309 e. The molecule has 0 spiro atoms. The van der Waals surface area contributed by atoms with Gasteiger partial charge < -0.3 is 5.32 Å². The molecule has 0 radical (unpaired) electrons. The average Bonchev–Trinajstić information content (AvgIpc) is 3.01. The van der Waals surface area contributed by atoms with Gasteiger partial charge in [0.05, 0.1) is 5.69 Å². The molecule has 0 unspecified atom stereocenters. The number of nitrogens with zero attached hydrogens (tertiary/aromatic N) is 1. The van der Waals surface area contributed by atoms with E-state index in [9.17, 15) is 0 Å². The van der Waals surface area contributed by atoms with Crippen LogP contribution in [-0.4, -0.2) is 17.3 Å². The summed E-state index contributed by atoms with van der Waals surface area (Å²) in [6, 6.07) is 0.792. The molecule has 1 fully saturated rings. The van der Waals surface area contributed by atoms with Crippen LogP contribution >= 0.6 is 23.1 Å². The minimum absolute atomic E-state index is 0.792. The maximum absolute atomic E-state index is 4.75. The van der Waals surface area contributed by atoms with Gasteiger partial charge in [0.1, 0.15) is 5.01 Å². The van der Waals surface area contributed by atoms with Gasteiger partial charge in [-0.15, -0.1) is 11.3 Å². The number of hydrogen-bond donors (Lipinski definition) is 1. The van der Waals surface area contributed by atoms with Crippen LogP contribution < -0.4 is 5.32 Å². The highest BCUT2D eigenvalue weighted by Crippen LogP contribution is 2.25. The Kier molecular flexibility index (Phi) is 4.67. The zero-order valence-electron chi connectivity index (χ0n) is 10.1. The molecule has 1 aromatic rings. The summed E-state index contributed by atoms with van der Waals surface area (Å²) < 4.78 is 0. The zero-order valence-corrected chi connectivity index (χ0v) is 11.7. The van der Waals surface area contributed by atoms with Crippen molar-refractivity contribution in [2.75, 3.05) is 6.26 Å². The highest BCUT2D eigenvalue weighted by molar-refractivity contribution is 7.97. The van der Waals surface area contributed by atoms with Gasteiger partial charge in [-0.1, -0.05) is 13.3 Å². The molecule has 1 aromatic heterocycles. The third-order valence-electron chi connectivity index (χ3n) is 2.71. The number of aryl methyl sites for hydroxylation is 1. The molecule has 1 N–H and O–H groups in total. The highest BCUT2D eigenvalue weighted by Gasteiger charge is 2.21. The van der Waals surface area contributed by atoms with Gasteiger partial charge in [0.25, 0.3) is 0 Å². The van der Waals surface area contributed by atoms with Crippen molar-refractivity contribution < 1.29 is 0 Å². The highest BCUT2D eigenvalue weighted by atomic mass is 32.2. The second-order valence-electron chi connectivity index (χ2n) is 4.32. The lowest BCUT2D eigenvalue weighted by atomic mass is 10.2. The molecule has 16 heavy (non-hydrogen) atoms. The Morgan fingerprint density at radius 2 is 2.31 bits per heavy atom. The molecule has 0 bridgehead atoms. The Labute approximate surface area is 106 Å². The van der Waals surface area contributed by atoms with Crippen molar-refractivity contribution in [3.8, 4) is 0 Å². The van der Waals surface area contributed by atoms with E-state index in [0.29, 0.717) is 0 Å². The van der Waals surface area contributed by atoms with Crippen molar-refractivity contribution in [3.05, 3.63) is 15.6 Å². The summed E-state index contributed by atoms with van der Waals surface area (Å²) in [5, 5.41) is 4.89. The van der Waals surface area contributed by atoms with Crippen LogP contribution in [0.2, 0.25) is 0 Å². The van der Waals surface area contributed by atoms with E-state index < -0.39 is 0 Å². The van der Waals surface area contributed by atoms with Gasteiger partial charge in [-0.2, -0.15) is 11.8 Å². The fourth-order valence-electron chi connectivity index (χ4n) is 1.72. The topological polar surface area (TPSA) is 24.9 Å². The van der Waals surface area contributed by atoms with E-state index in [1.165, 1.54) is 34.8 Å². The van der Waals surface area contributed by atoms with E-state index in [0.717, 1.165) is 24.8 Å². The van der Waals surface area contributed by atoms with Crippen molar-refractivity contribution >= 4 is 23.1 Å². The average molecular weight is 256 g/mol. The van der Waals surface area contributed by atoms with Crippen LogP contribution in [0.1, 0.15) is 41.8 Å². The second-order valence-corrected chi connectivity index (χ2v) is 6.35. The molecule has 0 saturated heterocycles. The number of thiazole rings is 1. The fraction of sp³-hybridized carbons (Fsp3) is 0.750. The summed E-state index contributed by atoms with van der Waals surface area (Å²) >= 11 is 3.76. The van der Waals surface area contributed by atoms with E-state index in [1.54, 1.807) is 0 Å². The van der Waals surface area contributed by atoms with Crippen LogP contribution in [-0.2, 0) is 18.7 Å². The lowest BCUT2D eigenvalue weighted by Crippen LogP contribution is -2.15. The third kappa shape index (κ3) is 3.47. The van der Waals surface area contributed by atoms with E-state index in [-0.39, 0.29) is 0 Å². The first-order valence-corrected chi connectivity index (χ1v) is 8.24. The van der Waals surface area contributed by atoms with Gasteiger partial charge in [-0.25, -0.2) is 4.98 Å². The summed E-state index contributed by atoms with van der Waals surface area (Å²) in [6.07, 6.45) is 7.19. The molecule has 2 rings (SSSR count). The number of rotatable bonds is 7. The number of thioether (sulfide) groups is 1. The lowest BCUT2D eigenvalue weighted by Gasteiger charge is -2.01. The van der Waals surface area contributed by atoms with Gasteiger partial charge in [-0.05, 0) is 25.5 Å². The summed E-state index contributed by atoms with van der Waals surface area (Å²) in [5.41, 5.74) is 1.34. The minimum atomic E-state index is 0.792. The molecule has 90 valence electrons. The number of hydrogen-bond acceptors (Lipinski definition) is 4. The van der Waals surface area contributed by atoms with Crippen LogP contribution in [0.5, 0.6) is 0 Å². The summed E-state index contributed by atoms with van der Waals surface area (Å²) in [7, 11) is 0. The molecule has 1 aliphatic carbocycles. The largest absolute Gasteiger partial charge is 0.309 e. The summed E-state index contributed by atoms with van der Waals surface area (Å²) in [4.78, 5) is 6.22. The number of nitrogens with one attached hydrogen (secondary N) is 1. The predicted molar refractivity (Wildman–Crippen MR) is 73.2 cm³/mol. The SMILES string of the molecule is CCCc1nc(CSC)sc1CNC1CC1. The fourth-order valence-corrected chi connectivity index (χ4v) is 3.48. The molecular weight excluding hydrogens is 236 g/mol. The Morgan fingerprint density at radius 1 is 1.50 bits per heavy atom. The first-order valence-electron chi connectivity index (χ1n) is 6.03. The molecule has 4 heteroatoms. The molecule has 0 aliphatic heterocycles. The smallest absolute Gasteiger partial charge is 0.103 e. The molecule has 1 heterocycles. The standard InChI is InChI=1S/C12H20N2S2/c1-3-4-10-11(7-13-9-5-6-9)16-12(14-10)8-15-2/h9,13H,3-8H2,1-2H3. The third-order valence-corrected chi connectivity index (χ3v) is 4.55. The van der Waals surface area contributed by atoms with Gasteiger partial charge in [0.15, 0.2) is 0 Å². The lowest BCUT2D eigenvalue weighted by molar-refractivity contribution is 0.686. The Hall–Kier alpha value is -0.0600. The second kappa shape index (κ2) is 6.03. The molecule has 0 amide bonds.